The van der Waals surface area contributed by atoms with Crippen molar-refractivity contribution in [3.8, 4) is 0 Å². The molecule has 0 saturated carbocycles. The average molecular weight is 298 g/mol. The van der Waals surface area contributed by atoms with Crippen LogP contribution in [-0.2, 0) is 11.2 Å². The Balaban J connectivity index is 2.58. The molecule has 1 aromatic rings. The number of amides is 1. The molecule has 0 unspecified atom stereocenters. The maximum atomic E-state index is 11.9. The van der Waals surface area contributed by atoms with Gasteiger partial charge in [0.2, 0.25) is 5.91 Å². The van der Waals surface area contributed by atoms with Crippen LogP contribution in [-0.4, -0.2) is 23.9 Å². The summed E-state index contributed by atoms with van der Waals surface area (Å²) in [5, 5.41) is 0. The fourth-order valence-corrected chi connectivity index (χ4v) is 2.39. The molecule has 1 aromatic carbocycles. The third-order valence-electron chi connectivity index (χ3n) is 3.03. The summed E-state index contributed by atoms with van der Waals surface area (Å²) in [4.78, 5) is 13.8. The molecule has 0 N–H and O–H groups in total. The van der Waals surface area contributed by atoms with Crippen molar-refractivity contribution in [2.75, 3.05) is 13.1 Å². The van der Waals surface area contributed by atoms with Crippen molar-refractivity contribution >= 4 is 21.8 Å². The number of hydrogen-bond donors (Lipinski definition) is 0. The number of nitrogens with zero attached hydrogens (tertiary/aromatic N) is 1. The van der Waals surface area contributed by atoms with Gasteiger partial charge in [-0.25, -0.2) is 0 Å². The molecule has 0 aromatic heterocycles. The predicted molar refractivity (Wildman–Crippen MR) is 75.1 cm³/mol. The molecule has 94 valence electrons. The summed E-state index contributed by atoms with van der Waals surface area (Å²) in [6.07, 6.45) is 1.43. The minimum absolute atomic E-state index is 0.248. The van der Waals surface area contributed by atoms with Gasteiger partial charge in [-0.1, -0.05) is 22.0 Å². The Hall–Kier alpha value is -0.830. The maximum Gasteiger partial charge on any atom is 0.222 e. The number of rotatable bonds is 5. The third-order valence-corrected chi connectivity index (χ3v) is 3.52. The maximum absolute atomic E-state index is 11.9. The largest absolute Gasteiger partial charge is 0.343 e. The third kappa shape index (κ3) is 4.15. The standard InChI is InChI=1S/C14H20BrNO/c1-4-16(5-2)14(17)9-7-12-6-8-13(15)10-11(12)3/h6,8,10H,4-5,7,9H2,1-3H3. The Labute approximate surface area is 112 Å². The van der Waals surface area contributed by atoms with Gasteiger partial charge in [0.1, 0.15) is 0 Å². The van der Waals surface area contributed by atoms with Crippen LogP contribution in [0.2, 0.25) is 0 Å². The number of aryl methyl sites for hydroxylation is 2. The number of carbonyl (C=O) groups excluding carboxylic acids is 1. The van der Waals surface area contributed by atoms with Gasteiger partial charge in [-0.2, -0.15) is 0 Å². The van der Waals surface area contributed by atoms with Gasteiger partial charge in [0.15, 0.2) is 0 Å². The van der Waals surface area contributed by atoms with Crippen molar-refractivity contribution < 1.29 is 4.79 Å². The van der Waals surface area contributed by atoms with E-state index in [-0.39, 0.29) is 5.91 Å². The summed E-state index contributed by atoms with van der Waals surface area (Å²) in [6.45, 7) is 7.73. The van der Waals surface area contributed by atoms with E-state index in [0.29, 0.717) is 6.42 Å². The van der Waals surface area contributed by atoms with Gasteiger partial charge >= 0.3 is 0 Å². The van der Waals surface area contributed by atoms with E-state index in [9.17, 15) is 4.79 Å². The number of hydrogen-bond acceptors (Lipinski definition) is 1. The zero-order valence-corrected chi connectivity index (χ0v) is 12.4. The van der Waals surface area contributed by atoms with E-state index in [4.69, 9.17) is 0 Å². The molecule has 0 aliphatic rings. The zero-order chi connectivity index (χ0) is 12.8. The molecule has 3 heteroatoms. The molecule has 17 heavy (non-hydrogen) atoms. The van der Waals surface area contributed by atoms with Crippen LogP contribution >= 0.6 is 15.9 Å². The fraction of sp³-hybridized carbons (Fsp3) is 0.500. The van der Waals surface area contributed by atoms with E-state index < -0.39 is 0 Å². The van der Waals surface area contributed by atoms with Crippen LogP contribution in [0.1, 0.15) is 31.4 Å². The highest BCUT2D eigenvalue weighted by Crippen LogP contribution is 2.17. The SMILES string of the molecule is CCN(CC)C(=O)CCc1ccc(Br)cc1C. The Morgan fingerprint density at radius 2 is 1.94 bits per heavy atom. The van der Waals surface area contributed by atoms with Crippen molar-refractivity contribution in [1.29, 1.82) is 0 Å². The smallest absolute Gasteiger partial charge is 0.222 e. The molecule has 0 spiro atoms. The first-order valence-corrected chi connectivity index (χ1v) is 6.90. The molecule has 0 radical (unpaired) electrons. The number of halogens is 1. The number of benzene rings is 1. The predicted octanol–water partition coefficient (Wildman–Crippen LogP) is 3.56. The van der Waals surface area contributed by atoms with Crippen LogP contribution in [0.5, 0.6) is 0 Å². The lowest BCUT2D eigenvalue weighted by Gasteiger charge is -2.18. The number of carbonyl (C=O) groups is 1. The normalized spacial score (nSPS) is 10.4. The highest BCUT2D eigenvalue weighted by molar-refractivity contribution is 9.10. The molecule has 1 rings (SSSR count). The van der Waals surface area contributed by atoms with Crippen LogP contribution in [0.25, 0.3) is 0 Å². The van der Waals surface area contributed by atoms with Crippen molar-refractivity contribution in [2.45, 2.75) is 33.6 Å². The first-order chi connectivity index (χ1) is 8.08. The van der Waals surface area contributed by atoms with Gasteiger partial charge in [0.25, 0.3) is 0 Å². The van der Waals surface area contributed by atoms with Crippen LogP contribution in [0.15, 0.2) is 22.7 Å². The molecular weight excluding hydrogens is 278 g/mol. The molecule has 1 amide bonds. The zero-order valence-electron chi connectivity index (χ0n) is 10.8. The molecular formula is C14H20BrNO. The van der Waals surface area contributed by atoms with Crippen molar-refractivity contribution in [1.82, 2.24) is 4.90 Å². The molecule has 0 aliphatic heterocycles. The molecule has 0 heterocycles. The second kappa shape index (κ2) is 6.80. The van der Waals surface area contributed by atoms with Gasteiger partial charge < -0.3 is 4.90 Å². The van der Waals surface area contributed by atoms with E-state index in [2.05, 4.69) is 35.0 Å². The van der Waals surface area contributed by atoms with Crippen LogP contribution in [0, 0.1) is 6.92 Å². The quantitative estimate of drug-likeness (QED) is 0.814. The van der Waals surface area contributed by atoms with Gasteiger partial charge in [-0.3, -0.25) is 4.79 Å². The van der Waals surface area contributed by atoms with Crippen LogP contribution in [0.4, 0.5) is 0 Å². The lowest BCUT2D eigenvalue weighted by molar-refractivity contribution is -0.130. The second-order valence-electron chi connectivity index (χ2n) is 4.14. The summed E-state index contributed by atoms with van der Waals surface area (Å²) < 4.78 is 1.09. The van der Waals surface area contributed by atoms with E-state index >= 15 is 0 Å². The first kappa shape index (κ1) is 14.2. The van der Waals surface area contributed by atoms with Crippen LogP contribution < -0.4 is 0 Å². The minimum Gasteiger partial charge on any atom is -0.343 e. The van der Waals surface area contributed by atoms with Gasteiger partial charge in [0, 0.05) is 24.0 Å². The van der Waals surface area contributed by atoms with Gasteiger partial charge in [-0.15, -0.1) is 0 Å². The van der Waals surface area contributed by atoms with E-state index in [0.717, 1.165) is 24.0 Å². The monoisotopic (exact) mass is 297 g/mol. The Bertz CT molecular complexity index is 386. The summed E-state index contributed by atoms with van der Waals surface area (Å²) in [7, 11) is 0. The highest BCUT2D eigenvalue weighted by Gasteiger charge is 2.10. The fourth-order valence-electron chi connectivity index (χ4n) is 1.92. The first-order valence-electron chi connectivity index (χ1n) is 6.11. The summed E-state index contributed by atoms with van der Waals surface area (Å²) in [6, 6.07) is 6.22. The Morgan fingerprint density at radius 1 is 1.29 bits per heavy atom. The van der Waals surface area contributed by atoms with Gasteiger partial charge in [0.05, 0.1) is 0 Å². The minimum atomic E-state index is 0.248. The van der Waals surface area contributed by atoms with Crippen molar-refractivity contribution in [3.63, 3.8) is 0 Å². The van der Waals surface area contributed by atoms with E-state index in [1.807, 2.05) is 24.8 Å². The molecule has 0 saturated heterocycles. The summed E-state index contributed by atoms with van der Waals surface area (Å²) in [5.74, 6) is 0.248. The molecule has 0 bridgehead atoms. The van der Waals surface area contributed by atoms with Crippen LogP contribution in [0.3, 0.4) is 0 Å². The average Bonchev–Trinajstić information content (AvgIpc) is 2.29. The summed E-state index contributed by atoms with van der Waals surface area (Å²) in [5.41, 5.74) is 2.50. The second-order valence-corrected chi connectivity index (χ2v) is 5.05. The van der Waals surface area contributed by atoms with Crippen molar-refractivity contribution in [2.24, 2.45) is 0 Å². The van der Waals surface area contributed by atoms with Crippen molar-refractivity contribution in [3.05, 3.63) is 33.8 Å². The lowest BCUT2D eigenvalue weighted by Crippen LogP contribution is -2.30. The molecule has 0 atom stereocenters. The summed E-state index contributed by atoms with van der Waals surface area (Å²) >= 11 is 3.45. The molecule has 2 nitrogen and oxygen atoms in total. The highest BCUT2D eigenvalue weighted by atomic mass is 79.9. The van der Waals surface area contributed by atoms with E-state index in [1.54, 1.807) is 0 Å². The lowest BCUT2D eigenvalue weighted by atomic mass is 10.0. The Kier molecular flexibility index (Phi) is 5.69. The topological polar surface area (TPSA) is 20.3 Å². The van der Waals surface area contributed by atoms with Gasteiger partial charge in [-0.05, 0) is 50.5 Å². The molecule has 0 aliphatic carbocycles. The molecule has 0 fully saturated rings. The Morgan fingerprint density at radius 3 is 2.47 bits per heavy atom. The van der Waals surface area contributed by atoms with E-state index in [1.165, 1.54) is 11.1 Å².